The standard InChI is InChI=1S/C28H46.C2H6/c1-4-9-23-12-7-8-13-24(23)15-14-21(2)10-5-6-11-22(3)18-28-19-26-16-25(26)17-27(28)20-28;1-2/h23-27H,2-20H2,1H3;1-2H3. The minimum Gasteiger partial charge on any atom is -0.0999 e. The van der Waals surface area contributed by atoms with Crippen LogP contribution in [-0.2, 0) is 0 Å². The van der Waals surface area contributed by atoms with Crippen molar-refractivity contribution in [1.29, 1.82) is 0 Å². The molecule has 0 spiro atoms. The molecule has 4 saturated carbocycles. The molecule has 30 heavy (non-hydrogen) atoms. The van der Waals surface area contributed by atoms with Crippen molar-refractivity contribution in [2.75, 3.05) is 0 Å². The number of fused-ring (bicyclic) bond motifs is 2. The van der Waals surface area contributed by atoms with E-state index >= 15 is 0 Å². The predicted molar refractivity (Wildman–Crippen MR) is 134 cm³/mol. The van der Waals surface area contributed by atoms with Gasteiger partial charge in [0.2, 0.25) is 0 Å². The molecule has 6 atom stereocenters. The summed E-state index contributed by atoms with van der Waals surface area (Å²) >= 11 is 0. The molecule has 0 heterocycles. The van der Waals surface area contributed by atoms with Crippen molar-refractivity contribution in [3.05, 3.63) is 24.3 Å². The van der Waals surface area contributed by atoms with Crippen LogP contribution in [0.2, 0.25) is 0 Å². The van der Waals surface area contributed by atoms with Crippen LogP contribution in [0, 0.1) is 35.0 Å². The number of unbranched alkanes of at least 4 members (excludes halogenated alkanes) is 1. The van der Waals surface area contributed by atoms with E-state index in [9.17, 15) is 0 Å². The maximum absolute atomic E-state index is 4.48. The van der Waals surface area contributed by atoms with Gasteiger partial charge >= 0.3 is 0 Å². The fourth-order valence-electron chi connectivity index (χ4n) is 7.31. The first-order valence-electron chi connectivity index (χ1n) is 13.9. The summed E-state index contributed by atoms with van der Waals surface area (Å²) in [5.74, 6) is 5.37. The summed E-state index contributed by atoms with van der Waals surface area (Å²) in [5, 5.41) is 0. The lowest BCUT2D eigenvalue weighted by atomic mass is 9.74. The Hall–Kier alpha value is -0.520. The topological polar surface area (TPSA) is 0 Å². The second-order valence-corrected chi connectivity index (χ2v) is 11.5. The van der Waals surface area contributed by atoms with Gasteiger partial charge in [-0.25, -0.2) is 0 Å². The van der Waals surface area contributed by atoms with Crippen molar-refractivity contribution >= 4 is 0 Å². The summed E-state index contributed by atoms with van der Waals surface area (Å²) < 4.78 is 0. The molecule has 0 aromatic heterocycles. The highest BCUT2D eigenvalue weighted by atomic mass is 14.7. The Labute approximate surface area is 189 Å². The number of allylic oxidation sites excluding steroid dienone is 2. The van der Waals surface area contributed by atoms with Crippen LogP contribution in [0.1, 0.15) is 130 Å². The highest BCUT2D eigenvalue weighted by Gasteiger charge is 2.62. The minimum atomic E-state index is 0.743. The van der Waals surface area contributed by atoms with Gasteiger partial charge < -0.3 is 0 Å². The molecule has 4 aliphatic rings. The predicted octanol–water partition coefficient (Wildman–Crippen LogP) is 9.90. The van der Waals surface area contributed by atoms with Gasteiger partial charge in [0, 0.05) is 0 Å². The second kappa shape index (κ2) is 11.4. The maximum atomic E-state index is 4.48. The highest BCUT2D eigenvalue weighted by Crippen LogP contribution is 2.72. The zero-order valence-corrected chi connectivity index (χ0v) is 20.8. The summed E-state index contributed by atoms with van der Waals surface area (Å²) in [6, 6.07) is 0. The van der Waals surface area contributed by atoms with Gasteiger partial charge in [0.15, 0.2) is 0 Å². The molecule has 0 radical (unpaired) electrons. The molecule has 6 unspecified atom stereocenters. The Morgan fingerprint density at radius 1 is 0.800 bits per heavy atom. The van der Waals surface area contributed by atoms with Crippen LogP contribution in [-0.4, -0.2) is 0 Å². The van der Waals surface area contributed by atoms with Crippen LogP contribution in [0.4, 0.5) is 0 Å². The van der Waals surface area contributed by atoms with E-state index in [1.54, 1.807) is 24.8 Å². The van der Waals surface area contributed by atoms with Crippen LogP contribution in [0.5, 0.6) is 0 Å². The van der Waals surface area contributed by atoms with E-state index in [4.69, 9.17) is 0 Å². The van der Waals surface area contributed by atoms with Gasteiger partial charge in [0.1, 0.15) is 0 Å². The molecular weight excluding hydrogens is 360 g/mol. The van der Waals surface area contributed by atoms with E-state index in [0.717, 1.165) is 35.0 Å². The molecule has 0 heteroatoms. The van der Waals surface area contributed by atoms with E-state index in [0.29, 0.717) is 0 Å². The van der Waals surface area contributed by atoms with Gasteiger partial charge in [-0.05, 0) is 106 Å². The molecule has 0 saturated heterocycles. The van der Waals surface area contributed by atoms with E-state index in [1.807, 2.05) is 13.8 Å². The Morgan fingerprint density at radius 2 is 1.47 bits per heavy atom. The maximum Gasteiger partial charge on any atom is -0.0226 e. The Kier molecular flexibility index (Phi) is 9.15. The lowest BCUT2D eigenvalue weighted by Crippen LogP contribution is -2.19. The monoisotopic (exact) mass is 412 g/mol. The van der Waals surface area contributed by atoms with Crippen molar-refractivity contribution < 1.29 is 0 Å². The van der Waals surface area contributed by atoms with E-state index in [2.05, 4.69) is 20.1 Å². The van der Waals surface area contributed by atoms with Crippen LogP contribution in [0.25, 0.3) is 0 Å². The normalized spacial score (nSPS) is 36.0. The van der Waals surface area contributed by atoms with Crippen molar-refractivity contribution in [3.63, 3.8) is 0 Å². The Balaban J connectivity index is 0.00000124. The molecule has 0 N–H and O–H groups in total. The summed E-state index contributed by atoms with van der Waals surface area (Å²) in [4.78, 5) is 0. The fraction of sp³-hybridized carbons (Fsp3) is 0.867. The number of hydrogen-bond acceptors (Lipinski definition) is 0. The molecular formula is C30H52. The second-order valence-electron chi connectivity index (χ2n) is 11.5. The third-order valence-electron chi connectivity index (χ3n) is 9.19. The summed E-state index contributed by atoms with van der Waals surface area (Å²) in [6.07, 6.45) is 24.3. The molecule has 0 aromatic rings. The van der Waals surface area contributed by atoms with E-state index in [-0.39, 0.29) is 0 Å². The molecule has 4 aliphatic carbocycles. The summed E-state index contributed by atoms with van der Waals surface area (Å²) in [7, 11) is 0. The van der Waals surface area contributed by atoms with Crippen molar-refractivity contribution in [2.24, 2.45) is 35.0 Å². The Bertz CT molecular complexity index is 554. The molecule has 0 bridgehead atoms. The fourth-order valence-corrected chi connectivity index (χ4v) is 7.31. The smallest absolute Gasteiger partial charge is 0.0226 e. The summed E-state index contributed by atoms with van der Waals surface area (Å²) in [6.45, 7) is 15.3. The van der Waals surface area contributed by atoms with E-state index < -0.39 is 0 Å². The molecule has 172 valence electrons. The SMILES string of the molecule is C=C(CCCCC(=C)CC12CC3CC3CC1C2)CCC1CCCCC1CCC.CC. The van der Waals surface area contributed by atoms with E-state index in [1.165, 1.54) is 95.5 Å². The lowest BCUT2D eigenvalue weighted by molar-refractivity contribution is 0.210. The molecule has 4 fully saturated rings. The molecule has 0 aromatic carbocycles. The third-order valence-corrected chi connectivity index (χ3v) is 9.19. The zero-order chi connectivity index (χ0) is 21.6. The average Bonchev–Trinajstić information content (AvgIpc) is 3.65. The summed E-state index contributed by atoms with van der Waals surface area (Å²) in [5.41, 5.74) is 3.84. The molecule has 0 aliphatic heterocycles. The minimum absolute atomic E-state index is 0.743. The van der Waals surface area contributed by atoms with Gasteiger partial charge in [-0.2, -0.15) is 0 Å². The molecule has 0 nitrogen and oxygen atoms in total. The largest absolute Gasteiger partial charge is 0.0999 e. The first kappa shape index (κ1) is 24.1. The van der Waals surface area contributed by atoms with Gasteiger partial charge in [-0.15, -0.1) is 0 Å². The molecule has 4 rings (SSSR count). The zero-order valence-electron chi connectivity index (χ0n) is 20.8. The van der Waals surface area contributed by atoms with Crippen LogP contribution in [0.3, 0.4) is 0 Å². The number of rotatable bonds is 12. The first-order valence-corrected chi connectivity index (χ1v) is 13.9. The first-order chi connectivity index (χ1) is 14.6. The average molecular weight is 413 g/mol. The van der Waals surface area contributed by atoms with Crippen molar-refractivity contribution in [1.82, 2.24) is 0 Å². The lowest BCUT2D eigenvalue weighted by Gasteiger charge is -2.31. The van der Waals surface area contributed by atoms with Gasteiger partial charge in [-0.1, -0.05) is 83.6 Å². The molecule has 0 amide bonds. The van der Waals surface area contributed by atoms with Crippen LogP contribution >= 0.6 is 0 Å². The highest BCUT2D eigenvalue weighted by molar-refractivity contribution is 5.17. The van der Waals surface area contributed by atoms with Gasteiger partial charge in [0.25, 0.3) is 0 Å². The Morgan fingerprint density at radius 3 is 2.17 bits per heavy atom. The number of hydrogen-bond donors (Lipinski definition) is 0. The van der Waals surface area contributed by atoms with Gasteiger partial charge in [-0.3, -0.25) is 0 Å². The van der Waals surface area contributed by atoms with Crippen molar-refractivity contribution in [3.8, 4) is 0 Å². The van der Waals surface area contributed by atoms with Crippen LogP contribution < -0.4 is 0 Å². The third kappa shape index (κ3) is 6.49. The quantitative estimate of drug-likeness (QED) is 0.221. The van der Waals surface area contributed by atoms with Gasteiger partial charge in [0.05, 0.1) is 0 Å². The van der Waals surface area contributed by atoms with Crippen molar-refractivity contribution in [2.45, 2.75) is 130 Å². The van der Waals surface area contributed by atoms with Crippen LogP contribution in [0.15, 0.2) is 24.3 Å².